The van der Waals surface area contributed by atoms with Crippen LogP contribution in [0.2, 0.25) is 0 Å². The van der Waals surface area contributed by atoms with Crippen molar-refractivity contribution < 1.29 is 4.79 Å². The van der Waals surface area contributed by atoms with Crippen molar-refractivity contribution in [3.63, 3.8) is 0 Å². The molecule has 21 heavy (non-hydrogen) atoms. The van der Waals surface area contributed by atoms with Crippen LogP contribution < -0.4 is 10.6 Å². The number of unbranched alkanes of at least 4 members (excludes halogenated alkanes) is 1. The van der Waals surface area contributed by atoms with Gasteiger partial charge in [0.1, 0.15) is 0 Å². The van der Waals surface area contributed by atoms with Gasteiger partial charge in [0.2, 0.25) is 5.91 Å². The van der Waals surface area contributed by atoms with Crippen LogP contribution in [-0.4, -0.2) is 25.5 Å². The second kappa shape index (κ2) is 8.99. The third kappa shape index (κ3) is 5.14. The first-order valence-corrected chi connectivity index (χ1v) is 8.70. The van der Waals surface area contributed by atoms with E-state index in [4.69, 9.17) is 0 Å². The molecule has 2 fully saturated rings. The number of hydrogen-bond donors (Lipinski definition) is 2. The summed E-state index contributed by atoms with van der Waals surface area (Å²) in [5, 5.41) is 6.65. The van der Waals surface area contributed by atoms with Gasteiger partial charge in [-0.3, -0.25) is 4.79 Å². The van der Waals surface area contributed by atoms with Gasteiger partial charge in [0.05, 0.1) is 0 Å². The molecule has 1 heterocycles. The highest BCUT2D eigenvalue weighted by atomic mass is 35.5. The van der Waals surface area contributed by atoms with E-state index in [1.807, 2.05) is 0 Å². The maximum atomic E-state index is 12.3. The van der Waals surface area contributed by atoms with Crippen molar-refractivity contribution >= 4 is 18.3 Å². The van der Waals surface area contributed by atoms with Gasteiger partial charge in [0.15, 0.2) is 0 Å². The van der Waals surface area contributed by atoms with Crippen molar-refractivity contribution in [2.75, 3.05) is 19.6 Å². The first-order valence-electron chi connectivity index (χ1n) is 8.70. The summed E-state index contributed by atoms with van der Waals surface area (Å²) in [6.45, 7) is 7.58. The predicted molar refractivity (Wildman–Crippen MR) is 90.8 cm³/mol. The SMILES string of the molecule is CCCCC(CCC)CNC(=O)C1CC12CCNCC2.Cl. The Hall–Kier alpha value is -0.280. The summed E-state index contributed by atoms with van der Waals surface area (Å²) in [7, 11) is 0. The maximum Gasteiger partial charge on any atom is 0.223 e. The molecule has 2 unspecified atom stereocenters. The van der Waals surface area contributed by atoms with Crippen LogP contribution in [0.25, 0.3) is 0 Å². The number of halogens is 1. The van der Waals surface area contributed by atoms with Gasteiger partial charge in [-0.1, -0.05) is 33.1 Å². The van der Waals surface area contributed by atoms with Crippen molar-refractivity contribution in [2.24, 2.45) is 17.3 Å². The average Bonchev–Trinajstić information content (AvgIpc) is 3.16. The Bertz CT molecular complexity index is 316. The molecule has 0 aromatic rings. The van der Waals surface area contributed by atoms with Gasteiger partial charge in [0, 0.05) is 12.5 Å². The highest BCUT2D eigenvalue weighted by Crippen LogP contribution is 2.58. The van der Waals surface area contributed by atoms with Crippen molar-refractivity contribution in [1.82, 2.24) is 10.6 Å². The van der Waals surface area contributed by atoms with Gasteiger partial charge < -0.3 is 10.6 Å². The Morgan fingerprint density at radius 2 is 1.95 bits per heavy atom. The van der Waals surface area contributed by atoms with Crippen molar-refractivity contribution in [3.8, 4) is 0 Å². The molecular formula is C17H33ClN2O. The molecule has 1 spiro atoms. The van der Waals surface area contributed by atoms with Crippen LogP contribution in [0.4, 0.5) is 0 Å². The molecule has 0 aromatic heterocycles. The smallest absolute Gasteiger partial charge is 0.223 e. The summed E-state index contributed by atoms with van der Waals surface area (Å²) in [4.78, 5) is 12.3. The summed E-state index contributed by atoms with van der Waals surface area (Å²) in [6, 6.07) is 0. The van der Waals surface area contributed by atoms with E-state index >= 15 is 0 Å². The van der Waals surface area contributed by atoms with E-state index in [1.54, 1.807) is 0 Å². The van der Waals surface area contributed by atoms with E-state index in [-0.39, 0.29) is 12.4 Å². The zero-order valence-corrected chi connectivity index (χ0v) is 14.6. The summed E-state index contributed by atoms with van der Waals surface area (Å²) >= 11 is 0. The van der Waals surface area contributed by atoms with Crippen molar-refractivity contribution in [2.45, 2.75) is 65.2 Å². The van der Waals surface area contributed by atoms with Crippen LogP contribution in [-0.2, 0) is 4.79 Å². The Morgan fingerprint density at radius 1 is 1.24 bits per heavy atom. The molecule has 0 bridgehead atoms. The van der Waals surface area contributed by atoms with Gasteiger partial charge in [-0.05, 0) is 56.5 Å². The Balaban J connectivity index is 0.00000220. The number of carbonyl (C=O) groups is 1. The van der Waals surface area contributed by atoms with Crippen LogP contribution in [0.5, 0.6) is 0 Å². The third-order valence-electron chi connectivity index (χ3n) is 5.33. The minimum Gasteiger partial charge on any atom is -0.356 e. The summed E-state index contributed by atoms with van der Waals surface area (Å²) in [5.41, 5.74) is 0.374. The minimum atomic E-state index is 0. The lowest BCUT2D eigenvalue weighted by atomic mass is 9.91. The maximum absolute atomic E-state index is 12.3. The first-order chi connectivity index (χ1) is 9.72. The summed E-state index contributed by atoms with van der Waals surface area (Å²) in [5.74, 6) is 1.34. The Kier molecular flexibility index (Phi) is 8.04. The van der Waals surface area contributed by atoms with Gasteiger partial charge in [-0.15, -0.1) is 12.4 Å². The average molecular weight is 317 g/mol. The number of nitrogens with one attached hydrogen (secondary N) is 2. The number of rotatable bonds is 8. The quantitative estimate of drug-likeness (QED) is 0.719. The highest BCUT2D eigenvalue weighted by Gasteiger charge is 2.57. The van der Waals surface area contributed by atoms with Crippen LogP contribution in [0.15, 0.2) is 0 Å². The lowest BCUT2D eigenvalue weighted by molar-refractivity contribution is -0.123. The van der Waals surface area contributed by atoms with Gasteiger partial charge in [-0.2, -0.15) is 0 Å². The zero-order valence-electron chi connectivity index (χ0n) is 13.7. The van der Waals surface area contributed by atoms with Crippen LogP contribution in [0.1, 0.15) is 65.2 Å². The van der Waals surface area contributed by atoms with Gasteiger partial charge in [0.25, 0.3) is 0 Å². The van der Waals surface area contributed by atoms with E-state index in [2.05, 4.69) is 24.5 Å². The fourth-order valence-electron chi connectivity index (χ4n) is 3.81. The van der Waals surface area contributed by atoms with Gasteiger partial charge in [-0.25, -0.2) is 0 Å². The van der Waals surface area contributed by atoms with Crippen molar-refractivity contribution in [3.05, 3.63) is 0 Å². The second-order valence-corrected chi connectivity index (χ2v) is 6.91. The molecule has 3 nitrogen and oxygen atoms in total. The number of hydrogen-bond acceptors (Lipinski definition) is 2. The Morgan fingerprint density at radius 3 is 2.57 bits per heavy atom. The lowest BCUT2D eigenvalue weighted by Crippen LogP contribution is -2.35. The van der Waals surface area contributed by atoms with E-state index in [9.17, 15) is 4.79 Å². The molecule has 1 aliphatic heterocycles. The zero-order chi connectivity index (χ0) is 14.4. The monoisotopic (exact) mass is 316 g/mol. The molecule has 4 heteroatoms. The Labute approximate surface area is 136 Å². The van der Waals surface area contributed by atoms with Crippen molar-refractivity contribution in [1.29, 1.82) is 0 Å². The minimum absolute atomic E-state index is 0. The topological polar surface area (TPSA) is 41.1 Å². The molecule has 1 saturated carbocycles. The molecule has 2 atom stereocenters. The lowest BCUT2D eigenvalue weighted by Gasteiger charge is -2.23. The molecule has 2 N–H and O–H groups in total. The largest absolute Gasteiger partial charge is 0.356 e. The van der Waals surface area contributed by atoms with Crippen LogP contribution in [0, 0.1) is 17.3 Å². The fourth-order valence-corrected chi connectivity index (χ4v) is 3.81. The van der Waals surface area contributed by atoms with Crippen LogP contribution >= 0.6 is 12.4 Å². The van der Waals surface area contributed by atoms with E-state index < -0.39 is 0 Å². The number of piperidine rings is 1. The molecule has 0 aromatic carbocycles. The summed E-state index contributed by atoms with van der Waals surface area (Å²) < 4.78 is 0. The molecule has 1 amide bonds. The number of carbonyl (C=O) groups excluding carboxylic acids is 1. The molecule has 124 valence electrons. The molecule has 0 radical (unpaired) electrons. The van der Waals surface area contributed by atoms with Gasteiger partial charge >= 0.3 is 0 Å². The molecule has 2 aliphatic rings. The standard InChI is InChI=1S/C17H32N2O.ClH/c1-3-5-7-14(6-4-2)13-19-16(20)15-12-17(15)8-10-18-11-9-17;/h14-15,18H,3-13H2,1-2H3,(H,19,20);1H. The molecule has 1 aliphatic carbocycles. The number of amides is 1. The second-order valence-electron chi connectivity index (χ2n) is 6.91. The summed E-state index contributed by atoms with van der Waals surface area (Å²) in [6.07, 6.45) is 9.81. The van der Waals surface area contributed by atoms with E-state index in [0.717, 1.165) is 26.1 Å². The molecule has 2 rings (SSSR count). The first kappa shape index (κ1) is 18.8. The van der Waals surface area contributed by atoms with E-state index in [0.29, 0.717) is 23.2 Å². The normalized spacial score (nSPS) is 24.2. The third-order valence-corrected chi connectivity index (χ3v) is 5.33. The van der Waals surface area contributed by atoms with Crippen LogP contribution in [0.3, 0.4) is 0 Å². The predicted octanol–water partition coefficient (Wildman–Crippen LogP) is 3.52. The fraction of sp³-hybridized carbons (Fsp3) is 0.941. The highest BCUT2D eigenvalue weighted by molar-refractivity contribution is 5.85. The molecule has 1 saturated heterocycles. The molecular weight excluding hydrogens is 284 g/mol. The van der Waals surface area contributed by atoms with E-state index in [1.165, 1.54) is 44.9 Å².